The van der Waals surface area contributed by atoms with Gasteiger partial charge in [0.2, 0.25) is 0 Å². The third-order valence-electron chi connectivity index (χ3n) is 5.04. The third-order valence-corrected chi connectivity index (χ3v) is 5.04. The van der Waals surface area contributed by atoms with Crippen molar-refractivity contribution in [3.8, 4) is 0 Å². The molecule has 0 radical (unpaired) electrons. The van der Waals surface area contributed by atoms with Crippen molar-refractivity contribution >= 4 is 0 Å². The average molecular weight is 287 g/mol. The Hall–Kier alpha value is -0.160. The van der Waals surface area contributed by atoms with E-state index < -0.39 is 6.10 Å². The molecule has 1 aliphatic rings. The first-order valence-corrected chi connectivity index (χ1v) is 7.77. The Labute approximate surface area is 124 Å². The van der Waals surface area contributed by atoms with Crippen LogP contribution in [0.2, 0.25) is 0 Å². The number of hydrogen-bond acceptors (Lipinski definition) is 4. The molecule has 1 aliphatic carbocycles. The predicted molar refractivity (Wildman–Crippen MR) is 81.8 cm³/mol. The zero-order chi connectivity index (χ0) is 15.4. The molecule has 20 heavy (non-hydrogen) atoms. The molecule has 0 amide bonds. The summed E-state index contributed by atoms with van der Waals surface area (Å²) in [6, 6.07) is 0. The Morgan fingerprint density at radius 1 is 1.10 bits per heavy atom. The molecule has 1 unspecified atom stereocenters. The van der Waals surface area contributed by atoms with Crippen LogP contribution in [0.15, 0.2) is 0 Å². The van der Waals surface area contributed by atoms with Crippen molar-refractivity contribution < 1.29 is 14.6 Å². The molecule has 0 aromatic heterocycles. The summed E-state index contributed by atoms with van der Waals surface area (Å²) in [6.45, 7) is 16.3. The van der Waals surface area contributed by atoms with Crippen LogP contribution in [-0.2, 0) is 9.47 Å². The van der Waals surface area contributed by atoms with Crippen LogP contribution in [0, 0.1) is 16.7 Å². The molecular weight excluding hydrogens is 254 g/mol. The molecule has 2 N–H and O–H groups in total. The van der Waals surface area contributed by atoms with Gasteiger partial charge in [0, 0.05) is 6.54 Å². The highest BCUT2D eigenvalue weighted by Gasteiger charge is 2.63. The van der Waals surface area contributed by atoms with E-state index in [0.29, 0.717) is 43.1 Å². The van der Waals surface area contributed by atoms with Crippen molar-refractivity contribution in [1.82, 2.24) is 5.32 Å². The molecule has 1 fully saturated rings. The summed E-state index contributed by atoms with van der Waals surface area (Å²) in [4.78, 5) is 0. The van der Waals surface area contributed by atoms with Gasteiger partial charge in [0.25, 0.3) is 0 Å². The van der Waals surface area contributed by atoms with Crippen molar-refractivity contribution in [2.45, 2.75) is 53.8 Å². The fraction of sp³-hybridized carbons (Fsp3) is 1.00. The SMILES string of the molecule is CC(C)OCCOCC(O)CNCC1C(C)(C)C1(C)C. The van der Waals surface area contributed by atoms with Gasteiger partial charge in [-0.15, -0.1) is 0 Å². The fourth-order valence-corrected chi connectivity index (χ4v) is 2.86. The Morgan fingerprint density at radius 2 is 1.70 bits per heavy atom. The monoisotopic (exact) mass is 287 g/mol. The van der Waals surface area contributed by atoms with Crippen molar-refractivity contribution in [1.29, 1.82) is 0 Å². The van der Waals surface area contributed by atoms with Crippen LogP contribution < -0.4 is 5.32 Å². The molecule has 0 bridgehead atoms. The summed E-state index contributed by atoms with van der Waals surface area (Å²) in [7, 11) is 0. The van der Waals surface area contributed by atoms with Crippen molar-refractivity contribution in [2.75, 3.05) is 32.9 Å². The van der Waals surface area contributed by atoms with Gasteiger partial charge in [-0.1, -0.05) is 27.7 Å². The van der Waals surface area contributed by atoms with Gasteiger partial charge in [0.15, 0.2) is 0 Å². The minimum Gasteiger partial charge on any atom is -0.389 e. The highest BCUT2D eigenvalue weighted by molar-refractivity contribution is 5.12. The second kappa shape index (κ2) is 7.21. The largest absolute Gasteiger partial charge is 0.389 e. The molecule has 0 heterocycles. The molecule has 4 heteroatoms. The van der Waals surface area contributed by atoms with Gasteiger partial charge >= 0.3 is 0 Å². The van der Waals surface area contributed by atoms with E-state index in [1.807, 2.05) is 13.8 Å². The minimum absolute atomic E-state index is 0.232. The maximum Gasteiger partial charge on any atom is 0.0897 e. The first-order chi connectivity index (χ1) is 9.19. The van der Waals surface area contributed by atoms with E-state index in [4.69, 9.17) is 9.47 Å². The molecule has 1 saturated carbocycles. The molecule has 0 aromatic rings. The fourth-order valence-electron chi connectivity index (χ4n) is 2.86. The summed E-state index contributed by atoms with van der Waals surface area (Å²) in [5.74, 6) is 0.683. The lowest BCUT2D eigenvalue weighted by atomic mass is 10.0. The maximum atomic E-state index is 9.82. The van der Waals surface area contributed by atoms with Crippen LogP contribution in [0.25, 0.3) is 0 Å². The van der Waals surface area contributed by atoms with Crippen LogP contribution in [0.3, 0.4) is 0 Å². The van der Waals surface area contributed by atoms with Gasteiger partial charge in [0.1, 0.15) is 0 Å². The molecule has 120 valence electrons. The highest BCUT2D eigenvalue weighted by Crippen LogP contribution is 2.67. The first kappa shape index (κ1) is 17.9. The van der Waals surface area contributed by atoms with E-state index in [1.54, 1.807) is 0 Å². The number of hydrogen-bond donors (Lipinski definition) is 2. The van der Waals surface area contributed by atoms with Gasteiger partial charge in [-0.05, 0) is 37.1 Å². The molecular formula is C16H33NO3. The van der Waals surface area contributed by atoms with Gasteiger partial charge in [0.05, 0.1) is 32.0 Å². The third kappa shape index (κ3) is 4.69. The number of aliphatic hydroxyl groups excluding tert-OH is 1. The number of ether oxygens (including phenoxy) is 2. The minimum atomic E-state index is -0.445. The lowest BCUT2D eigenvalue weighted by molar-refractivity contribution is -0.0100. The average Bonchev–Trinajstić information content (AvgIpc) is 2.70. The number of nitrogens with one attached hydrogen (secondary N) is 1. The first-order valence-electron chi connectivity index (χ1n) is 7.77. The van der Waals surface area contributed by atoms with Gasteiger partial charge in [-0.25, -0.2) is 0 Å². The van der Waals surface area contributed by atoms with E-state index in [2.05, 4.69) is 33.0 Å². The van der Waals surface area contributed by atoms with Crippen molar-refractivity contribution in [3.63, 3.8) is 0 Å². The summed E-state index contributed by atoms with van der Waals surface area (Å²) in [5.41, 5.74) is 0.797. The Bertz CT molecular complexity index is 275. The second-order valence-corrected chi connectivity index (χ2v) is 7.30. The molecule has 1 rings (SSSR count). The molecule has 0 aliphatic heterocycles. The predicted octanol–water partition coefficient (Wildman–Crippen LogP) is 2.06. The lowest BCUT2D eigenvalue weighted by Crippen LogP contribution is -2.32. The summed E-state index contributed by atoms with van der Waals surface area (Å²) >= 11 is 0. The normalized spacial score (nSPS) is 22.2. The molecule has 1 atom stereocenters. The van der Waals surface area contributed by atoms with Crippen molar-refractivity contribution in [3.05, 3.63) is 0 Å². The summed E-state index contributed by atoms with van der Waals surface area (Å²) < 4.78 is 10.8. The lowest BCUT2D eigenvalue weighted by Gasteiger charge is -2.13. The van der Waals surface area contributed by atoms with E-state index in [-0.39, 0.29) is 6.10 Å². The van der Waals surface area contributed by atoms with Gasteiger partial charge in [-0.2, -0.15) is 0 Å². The standard InChI is InChI=1S/C16H33NO3/c1-12(2)20-8-7-19-11-13(18)9-17-10-14-15(3,4)16(14,5)6/h12-14,17-18H,7-11H2,1-6H3. The topological polar surface area (TPSA) is 50.7 Å². The van der Waals surface area contributed by atoms with Gasteiger partial charge < -0.3 is 19.9 Å². The van der Waals surface area contributed by atoms with Crippen LogP contribution >= 0.6 is 0 Å². The van der Waals surface area contributed by atoms with Crippen LogP contribution in [-0.4, -0.2) is 50.2 Å². The van der Waals surface area contributed by atoms with E-state index in [0.717, 1.165) is 6.54 Å². The van der Waals surface area contributed by atoms with Crippen LogP contribution in [0.4, 0.5) is 0 Å². The highest BCUT2D eigenvalue weighted by atomic mass is 16.5. The molecule has 0 saturated heterocycles. The molecule has 4 nitrogen and oxygen atoms in total. The Morgan fingerprint density at radius 3 is 2.20 bits per heavy atom. The Kier molecular flexibility index (Phi) is 6.45. The van der Waals surface area contributed by atoms with Crippen LogP contribution in [0.5, 0.6) is 0 Å². The summed E-state index contributed by atoms with van der Waals surface area (Å²) in [5, 5.41) is 13.2. The maximum absolute atomic E-state index is 9.82. The smallest absolute Gasteiger partial charge is 0.0897 e. The van der Waals surface area contributed by atoms with E-state index >= 15 is 0 Å². The Balaban J connectivity index is 2.00. The zero-order valence-corrected chi connectivity index (χ0v) is 14.0. The molecule has 0 spiro atoms. The molecule has 0 aromatic carbocycles. The summed E-state index contributed by atoms with van der Waals surface area (Å²) in [6.07, 6.45) is -0.213. The van der Waals surface area contributed by atoms with Crippen LogP contribution in [0.1, 0.15) is 41.5 Å². The van der Waals surface area contributed by atoms with E-state index in [1.165, 1.54) is 0 Å². The quantitative estimate of drug-likeness (QED) is 0.604. The number of rotatable bonds is 10. The van der Waals surface area contributed by atoms with E-state index in [9.17, 15) is 5.11 Å². The zero-order valence-electron chi connectivity index (χ0n) is 14.0. The van der Waals surface area contributed by atoms with Crippen molar-refractivity contribution in [2.24, 2.45) is 16.7 Å². The van der Waals surface area contributed by atoms with Gasteiger partial charge in [-0.3, -0.25) is 0 Å². The number of aliphatic hydroxyl groups is 1. The second-order valence-electron chi connectivity index (χ2n) is 7.30.